The standard InChI is InChI=1S/C60H52N2O14/c1-67-46-17-33(18-47(68-2)56(46)63)51-38-22-44-45(74-27-73-44)23-39(38)55(43-26-72-60(66)53(43)51)62-36-15-11-32(12-16-36)30-7-5-29(6-8-30)31-9-13-35(14-10-31)61-54-40-24-50-58(76-28-75-50)52(37(40)21-41-42(54)25-71-59(41)65)34-19-48(69-3)57(64)49(20-34)70-4/h5-20,22-24,41-43,51,53-55,61-64H,21,25-28H2,1-4H3/t41-,42+,43+,51?,53+,54-,55-/m1/s1. The van der Waals surface area contributed by atoms with Crippen LogP contribution in [0.1, 0.15) is 45.8 Å². The van der Waals surface area contributed by atoms with Crippen LogP contribution in [0.3, 0.4) is 0 Å². The van der Waals surface area contributed by atoms with E-state index in [0.29, 0.717) is 35.0 Å². The molecule has 16 nitrogen and oxygen atoms in total. The van der Waals surface area contributed by atoms with Crippen molar-refractivity contribution in [1.29, 1.82) is 0 Å². The molecule has 2 fully saturated rings. The zero-order valence-corrected chi connectivity index (χ0v) is 41.8. The van der Waals surface area contributed by atoms with Crippen LogP contribution in [0.5, 0.6) is 57.5 Å². The summed E-state index contributed by atoms with van der Waals surface area (Å²) in [7, 11) is 5.92. The number of phenolic OH excluding ortho intramolecular Hbond substituents is 2. The van der Waals surface area contributed by atoms with Gasteiger partial charge in [-0.1, -0.05) is 48.5 Å². The van der Waals surface area contributed by atoms with Crippen molar-refractivity contribution < 1.29 is 67.2 Å². The second-order valence-electron chi connectivity index (χ2n) is 19.8. The third-order valence-corrected chi connectivity index (χ3v) is 16.0. The van der Waals surface area contributed by atoms with Crippen molar-refractivity contribution >= 4 is 23.3 Å². The van der Waals surface area contributed by atoms with E-state index >= 15 is 0 Å². The fourth-order valence-corrected chi connectivity index (χ4v) is 12.3. The van der Waals surface area contributed by atoms with Gasteiger partial charge in [-0.25, -0.2) is 0 Å². The van der Waals surface area contributed by atoms with Crippen molar-refractivity contribution in [3.63, 3.8) is 0 Å². The lowest BCUT2D eigenvalue weighted by Crippen LogP contribution is -2.37. The molecule has 2 aliphatic carbocycles. The zero-order valence-electron chi connectivity index (χ0n) is 41.8. The molecule has 16 heteroatoms. The van der Waals surface area contributed by atoms with Crippen LogP contribution in [0.4, 0.5) is 11.4 Å². The number of nitrogens with one attached hydrogen (secondary N) is 2. The highest BCUT2D eigenvalue weighted by atomic mass is 16.7. The maximum Gasteiger partial charge on any atom is 0.310 e. The number of hydrogen-bond donors (Lipinski definition) is 4. The topological polar surface area (TPSA) is 191 Å². The highest BCUT2D eigenvalue weighted by molar-refractivity contribution is 5.85. The molecule has 0 amide bonds. The highest BCUT2D eigenvalue weighted by Crippen LogP contribution is 2.58. The summed E-state index contributed by atoms with van der Waals surface area (Å²) >= 11 is 0. The molecule has 13 rings (SSSR count). The predicted molar refractivity (Wildman–Crippen MR) is 278 cm³/mol. The van der Waals surface area contributed by atoms with Crippen molar-refractivity contribution in [2.24, 2.45) is 23.7 Å². The van der Waals surface area contributed by atoms with Gasteiger partial charge in [0.15, 0.2) is 46.0 Å². The third-order valence-electron chi connectivity index (χ3n) is 16.0. The van der Waals surface area contributed by atoms with Crippen LogP contribution in [0.25, 0.3) is 33.4 Å². The number of fused-ring (bicyclic) bond motifs is 6. The molecule has 4 aliphatic heterocycles. The number of methoxy groups -OCH3 is 4. The van der Waals surface area contributed by atoms with Crippen molar-refractivity contribution in [2.75, 3.05) is 65.9 Å². The van der Waals surface area contributed by atoms with Crippen LogP contribution in [0, 0.1) is 23.7 Å². The molecule has 7 aromatic rings. The van der Waals surface area contributed by atoms with Crippen molar-refractivity contribution in [3.8, 4) is 90.9 Å². The summed E-state index contributed by atoms with van der Waals surface area (Å²) in [6.45, 7) is 0.645. The first-order chi connectivity index (χ1) is 37.1. The molecular weight excluding hydrogens is 973 g/mol. The van der Waals surface area contributed by atoms with Crippen molar-refractivity contribution in [1.82, 2.24) is 0 Å². The summed E-state index contributed by atoms with van der Waals surface area (Å²) in [4.78, 5) is 27.1. The fourth-order valence-electron chi connectivity index (χ4n) is 12.3. The molecule has 0 aromatic heterocycles. The van der Waals surface area contributed by atoms with E-state index in [1.54, 1.807) is 24.3 Å². The van der Waals surface area contributed by atoms with Gasteiger partial charge in [-0.3, -0.25) is 9.59 Å². The smallest absolute Gasteiger partial charge is 0.310 e. The first-order valence-corrected chi connectivity index (χ1v) is 25.1. The third kappa shape index (κ3) is 7.64. The van der Waals surface area contributed by atoms with Crippen LogP contribution < -0.4 is 48.5 Å². The zero-order chi connectivity index (χ0) is 51.9. The molecule has 4 heterocycles. The van der Waals surface area contributed by atoms with Gasteiger partial charge in [-0.05, 0) is 129 Å². The number of esters is 2. The lowest BCUT2D eigenvalue weighted by Gasteiger charge is -2.40. The minimum atomic E-state index is -0.555. The molecule has 4 N–H and O–H groups in total. The molecule has 1 unspecified atom stereocenters. The maximum absolute atomic E-state index is 13.8. The number of benzene rings is 7. The number of ether oxygens (including phenoxy) is 10. The van der Waals surface area contributed by atoms with Gasteiger partial charge in [0, 0.05) is 34.7 Å². The van der Waals surface area contributed by atoms with E-state index in [0.717, 1.165) is 67.0 Å². The summed E-state index contributed by atoms with van der Waals surface area (Å²) in [6.07, 6.45) is 0.436. The quantitative estimate of drug-likeness (QED) is 0.0845. The van der Waals surface area contributed by atoms with Gasteiger partial charge in [-0.15, -0.1) is 0 Å². The summed E-state index contributed by atoms with van der Waals surface area (Å²) in [5.41, 5.74) is 11.8. The number of aromatic hydroxyl groups is 2. The van der Waals surface area contributed by atoms with Crippen LogP contribution in [-0.4, -0.2) is 77.4 Å². The molecule has 7 aromatic carbocycles. The Kier molecular flexibility index (Phi) is 11.4. The number of carbonyl (C=O) groups is 2. The molecular formula is C60H52N2O14. The first kappa shape index (κ1) is 46.8. The number of rotatable bonds is 12. The average Bonchev–Trinajstić information content (AvgIpc) is 4.40. The second-order valence-corrected chi connectivity index (χ2v) is 19.8. The first-order valence-electron chi connectivity index (χ1n) is 25.1. The largest absolute Gasteiger partial charge is 0.502 e. The van der Waals surface area contributed by atoms with Gasteiger partial charge in [0.2, 0.25) is 25.1 Å². The van der Waals surface area contributed by atoms with Crippen LogP contribution in [-0.2, 0) is 25.5 Å². The average molecular weight is 1030 g/mol. The number of cyclic esters (lactones) is 2. The summed E-state index contributed by atoms with van der Waals surface area (Å²) in [6, 6.07) is 37.3. The predicted octanol–water partition coefficient (Wildman–Crippen LogP) is 10.2. The monoisotopic (exact) mass is 1020 g/mol. The number of hydrogen-bond acceptors (Lipinski definition) is 16. The molecule has 76 heavy (non-hydrogen) atoms. The van der Waals surface area contributed by atoms with Gasteiger partial charge < -0.3 is 68.2 Å². The fraction of sp³-hybridized carbons (Fsp3) is 0.267. The highest BCUT2D eigenvalue weighted by Gasteiger charge is 2.53. The Hall–Kier alpha value is -8.92. The van der Waals surface area contributed by atoms with Crippen molar-refractivity contribution in [2.45, 2.75) is 24.4 Å². The van der Waals surface area contributed by atoms with Crippen LogP contribution in [0.15, 0.2) is 115 Å². The van der Waals surface area contributed by atoms with E-state index in [-0.39, 0.29) is 103 Å². The molecule has 2 saturated heterocycles. The Bertz CT molecular complexity index is 3420. The van der Waals surface area contributed by atoms with E-state index in [4.69, 9.17) is 47.4 Å². The van der Waals surface area contributed by atoms with Gasteiger partial charge >= 0.3 is 11.9 Å². The van der Waals surface area contributed by atoms with Gasteiger partial charge in [0.05, 0.1) is 65.6 Å². The van der Waals surface area contributed by atoms with E-state index < -0.39 is 11.8 Å². The molecule has 0 saturated carbocycles. The van der Waals surface area contributed by atoms with E-state index in [1.165, 1.54) is 28.4 Å². The SMILES string of the molecule is COc1cc(-c2c3c(cc4c2OCO4)[C@@H](Nc2ccc(-c4ccc(-c5ccc(N[C@@H]6c7cc8c(cc7C(c7cc(OC)c(O)c(OC)c7)[C@H]7C(=O)OC[C@H]67)OCO8)cc5)cc4)cc2)[C@H]2COC(=O)[C@@H]2C3)cc(OC)c1O. The normalized spacial score (nSPS) is 22.1. The van der Waals surface area contributed by atoms with Gasteiger partial charge in [-0.2, -0.15) is 0 Å². The van der Waals surface area contributed by atoms with Crippen molar-refractivity contribution in [3.05, 3.63) is 143 Å². The maximum atomic E-state index is 13.8. The Balaban J connectivity index is 0.748. The lowest BCUT2D eigenvalue weighted by atomic mass is 9.65. The van der Waals surface area contributed by atoms with Crippen LogP contribution in [0.2, 0.25) is 0 Å². The van der Waals surface area contributed by atoms with Gasteiger partial charge in [0.25, 0.3) is 0 Å². The Labute approximate surface area is 436 Å². The number of carbonyl (C=O) groups excluding carboxylic acids is 2. The molecule has 6 aliphatic rings. The minimum Gasteiger partial charge on any atom is -0.502 e. The minimum absolute atomic E-state index is 0.0457. The van der Waals surface area contributed by atoms with Crippen LogP contribution >= 0.6 is 0 Å². The number of phenols is 2. The molecule has 0 bridgehead atoms. The molecule has 7 atom stereocenters. The summed E-state index contributed by atoms with van der Waals surface area (Å²) in [5.74, 6) is 0.776. The van der Waals surface area contributed by atoms with E-state index in [2.05, 4.69) is 71.3 Å². The van der Waals surface area contributed by atoms with E-state index in [9.17, 15) is 19.8 Å². The number of anilines is 2. The Morgan fingerprint density at radius 3 is 1.51 bits per heavy atom. The second kappa shape index (κ2) is 18.5. The summed E-state index contributed by atoms with van der Waals surface area (Å²) in [5, 5.41) is 29.1. The van der Waals surface area contributed by atoms with Gasteiger partial charge in [0.1, 0.15) is 0 Å². The summed E-state index contributed by atoms with van der Waals surface area (Å²) < 4.78 is 57.4. The Morgan fingerprint density at radius 1 is 0.487 bits per heavy atom. The van der Waals surface area contributed by atoms with E-state index in [1.807, 2.05) is 30.3 Å². The Morgan fingerprint density at radius 2 is 0.947 bits per heavy atom. The molecule has 386 valence electrons. The lowest BCUT2D eigenvalue weighted by molar-refractivity contribution is -0.142. The molecule has 0 spiro atoms. The molecule has 0 radical (unpaired) electrons.